The number of benzene rings is 2. The maximum Gasteiger partial charge on any atom is 0.188 e. The van der Waals surface area contributed by atoms with Gasteiger partial charge in [0.1, 0.15) is 17.1 Å². The molecular formula is C22H24INO2S. The summed E-state index contributed by atoms with van der Waals surface area (Å²) in [6.07, 6.45) is 10.4. The van der Waals surface area contributed by atoms with Gasteiger partial charge in [0.15, 0.2) is 9.84 Å². The molecule has 4 rings (SSSR count). The molecule has 3 nitrogen and oxygen atoms in total. The van der Waals surface area contributed by atoms with E-state index in [-0.39, 0.29) is 24.0 Å². The number of halogens is 1. The van der Waals surface area contributed by atoms with E-state index >= 15 is 0 Å². The third-order valence-electron chi connectivity index (χ3n) is 5.84. The van der Waals surface area contributed by atoms with Crippen molar-refractivity contribution in [2.24, 2.45) is 0 Å². The van der Waals surface area contributed by atoms with Crippen molar-refractivity contribution >= 4 is 9.84 Å². The maximum absolute atomic E-state index is 13.8. The molecule has 0 saturated heterocycles. The number of fused-ring (bicyclic) bond motifs is 1. The Balaban J connectivity index is 0.00000210. The second-order valence-electron chi connectivity index (χ2n) is 7.47. The number of aryl methyl sites for hydroxylation is 1. The first-order valence-corrected chi connectivity index (χ1v) is 10.6. The van der Waals surface area contributed by atoms with Gasteiger partial charge in [-0.3, -0.25) is 4.48 Å². The third-order valence-corrected chi connectivity index (χ3v) is 8.39. The molecule has 0 spiro atoms. The van der Waals surface area contributed by atoms with Crippen LogP contribution < -0.4 is 24.0 Å². The molecule has 5 heteroatoms. The van der Waals surface area contributed by atoms with Crippen LogP contribution in [0.1, 0.15) is 24.0 Å². The Morgan fingerprint density at radius 1 is 0.963 bits per heavy atom. The molecule has 0 N–H and O–H groups in total. The molecule has 0 saturated carbocycles. The molecule has 2 aromatic carbocycles. The molecule has 0 fully saturated rings. The first-order chi connectivity index (χ1) is 12.5. The smallest absolute Gasteiger partial charge is 0.188 e. The van der Waals surface area contributed by atoms with Crippen LogP contribution in [0.3, 0.4) is 0 Å². The van der Waals surface area contributed by atoms with E-state index < -0.39 is 14.6 Å². The van der Waals surface area contributed by atoms with Crippen LogP contribution in [0, 0.1) is 0 Å². The molecule has 27 heavy (non-hydrogen) atoms. The molecule has 0 aromatic heterocycles. The van der Waals surface area contributed by atoms with Crippen molar-refractivity contribution in [3.63, 3.8) is 0 Å². The first-order valence-electron chi connectivity index (χ1n) is 9.07. The highest BCUT2D eigenvalue weighted by Gasteiger charge is 2.51. The van der Waals surface area contributed by atoms with E-state index in [9.17, 15) is 8.42 Å². The first kappa shape index (κ1) is 20.3. The standard InChI is InChI=1S/C22H24NO2S.HI/c1-23(16-7-8-17-23)18-15-22(14-13-19-9-5-6-12-21(19)22)26(24,25)20-10-3-2-4-11-20;/h2-12,16-17H,13-15,18H2,1H3;1H/q+1;/p-1. The number of rotatable bonds is 5. The van der Waals surface area contributed by atoms with E-state index in [2.05, 4.69) is 25.5 Å². The van der Waals surface area contributed by atoms with Crippen molar-refractivity contribution < 1.29 is 36.9 Å². The molecule has 1 heterocycles. The SMILES string of the molecule is C[N+]1(CCC2(S(=O)(=O)c3ccccc3)CCc3ccccc32)C=CC=C1.[I-]. The Morgan fingerprint density at radius 2 is 1.59 bits per heavy atom. The zero-order chi connectivity index (χ0) is 18.3. The van der Waals surface area contributed by atoms with Crippen LogP contribution in [0.5, 0.6) is 0 Å². The van der Waals surface area contributed by atoms with Crippen LogP contribution in [0.4, 0.5) is 0 Å². The van der Waals surface area contributed by atoms with Gasteiger partial charge in [-0.15, -0.1) is 0 Å². The van der Waals surface area contributed by atoms with Crippen LogP contribution >= 0.6 is 0 Å². The molecule has 1 atom stereocenters. The van der Waals surface area contributed by atoms with Crippen LogP contribution in [0.2, 0.25) is 0 Å². The van der Waals surface area contributed by atoms with Gasteiger partial charge in [-0.25, -0.2) is 8.42 Å². The minimum atomic E-state index is -3.49. The highest BCUT2D eigenvalue weighted by molar-refractivity contribution is 7.92. The summed E-state index contributed by atoms with van der Waals surface area (Å²) in [6, 6.07) is 17.0. The molecule has 0 radical (unpaired) electrons. The van der Waals surface area contributed by atoms with E-state index in [1.165, 1.54) is 5.56 Å². The fourth-order valence-corrected chi connectivity index (χ4v) is 6.45. The van der Waals surface area contributed by atoms with Gasteiger partial charge < -0.3 is 24.0 Å². The van der Waals surface area contributed by atoms with E-state index in [1.54, 1.807) is 24.3 Å². The van der Waals surface area contributed by atoms with Crippen LogP contribution in [-0.4, -0.2) is 26.5 Å². The van der Waals surface area contributed by atoms with Gasteiger partial charge in [-0.05, 0) is 48.3 Å². The number of hydrogen-bond acceptors (Lipinski definition) is 2. The second kappa shape index (κ2) is 7.53. The molecule has 2 aliphatic rings. The van der Waals surface area contributed by atoms with Gasteiger partial charge in [-0.2, -0.15) is 0 Å². The Hall–Kier alpha value is -1.44. The summed E-state index contributed by atoms with van der Waals surface area (Å²) < 4.78 is 27.4. The minimum Gasteiger partial charge on any atom is -1.00 e. The summed E-state index contributed by atoms with van der Waals surface area (Å²) >= 11 is 0. The van der Waals surface area contributed by atoms with E-state index in [0.29, 0.717) is 22.2 Å². The van der Waals surface area contributed by atoms with Crippen molar-refractivity contribution in [1.29, 1.82) is 0 Å². The fourth-order valence-electron chi connectivity index (χ4n) is 4.27. The lowest BCUT2D eigenvalue weighted by molar-refractivity contribution is -0.804. The third kappa shape index (κ3) is 3.41. The van der Waals surface area contributed by atoms with E-state index in [1.807, 2.05) is 36.4 Å². The predicted octanol–water partition coefficient (Wildman–Crippen LogP) is 1.18. The lowest BCUT2D eigenvalue weighted by Gasteiger charge is -2.33. The molecule has 0 bridgehead atoms. The molecule has 0 amide bonds. The van der Waals surface area contributed by atoms with Crippen LogP contribution in [-0.2, 0) is 21.0 Å². The van der Waals surface area contributed by atoms with E-state index in [4.69, 9.17) is 0 Å². The number of sulfone groups is 1. The van der Waals surface area contributed by atoms with Gasteiger partial charge in [0.05, 0.1) is 18.5 Å². The Morgan fingerprint density at radius 3 is 2.30 bits per heavy atom. The average Bonchev–Trinajstić information content (AvgIpc) is 3.26. The van der Waals surface area contributed by atoms with Crippen molar-refractivity contribution in [2.75, 3.05) is 13.6 Å². The van der Waals surface area contributed by atoms with Gasteiger partial charge in [-0.1, -0.05) is 42.5 Å². The van der Waals surface area contributed by atoms with Crippen molar-refractivity contribution in [1.82, 2.24) is 0 Å². The normalized spacial score (nSPS) is 22.4. The number of nitrogens with zero attached hydrogens (tertiary/aromatic N) is 1. The van der Waals surface area contributed by atoms with Gasteiger partial charge in [0.25, 0.3) is 0 Å². The zero-order valence-electron chi connectivity index (χ0n) is 15.4. The summed E-state index contributed by atoms with van der Waals surface area (Å²) in [6.45, 7) is 0.757. The Kier molecular flexibility index (Phi) is 5.66. The zero-order valence-corrected chi connectivity index (χ0v) is 18.4. The number of quaternary nitrogens is 1. The lowest BCUT2D eigenvalue weighted by Crippen LogP contribution is -3.00. The Labute approximate surface area is 178 Å². The Bertz CT molecular complexity index is 970. The lowest BCUT2D eigenvalue weighted by atomic mass is 9.96. The van der Waals surface area contributed by atoms with Gasteiger partial charge >= 0.3 is 0 Å². The minimum absolute atomic E-state index is 0. The second-order valence-corrected chi connectivity index (χ2v) is 9.73. The fraction of sp³-hybridized carbons (Fsp3) is 0.273. The molecule has 2 aromatic rings. The van der Waals surface area contributed by atoms with Crippen molar-refractivity contribution in [2.45, 2.75) is 28.9 Å². The molecule has 142 valence electrons. The molecule has 1 aliphatic carbocycles. The van der Waals surface area contributed by atoms with Crippen molar-refractivity contribution in [3.8, 4) is 0 Å². The van der Waals surface area contributed by atoms with Crippen LogP contribution in [0.25, 0.3) is 0 Å². The highest BCUT2D eigenvalue weighted by atomic mass is 127. The van der Waals surface area contributed by atoms with Gasteiger partial charge in [0, 0.05) is 6.42 Å². The maximum atomic E-state index is 13.8. The molecule has 1 unspecified atom stereocenters. The topological polar surface area (TPSA) is 34.1 Å². The summed E-state index contributed by atoms with van der Waals surface area (Å²) in [5, 5.41) is 0. The highest BCUT2D eigenvalue weighted by Crippen LogP contribution is 2.48. The van der Waals surface area contributed by atoms with Gasteiger partial charge in [0.2, 0.25) is 0 Å². The predicted molar refractivity (Wildman–Crippen MR) is 104 cm³/mol. The number of hydrogen-bond donors (Lipinski definition) is 0. The van der Waals surface area contributed by atoms with Crippen molar-refractivity contribution in [3.05, 3.63) is 90.3 Å². The summed E-state index contributed by atoms with van der Waals surface area (Å²) in [5.74, 6) is 0. The number of allylic oxidation sites excluding steroid dienone is 2. The molecular weight excluding hydrogens is 469 g/mol. The van der Waals surface area contributed by atoms with E-state index in [0.717, 1.165) is 18.5 Å². The largest absolute Gasteiger partial charge is 1.00 e. The quantitative estimate of drug-likeness (QED) is 0.464. The summed E-state index contributed by atoms with van der Waals surface area (Å²) in [7, 11) is -1.38. The molecule has 1 aliphatic heterocycles. The van der Waals surface area contributed by atoms with Crippen LogP contribution in [0.15, 0.2) is 84.0 Å². The average molecular weight is 493 g/mol. The monoisotopic (exact) mass is 493 g/mol. The summed E-state index contributed by atoms with van der Waals surface area (Å²) in [4.78, 5) is 0.423. The summed E-state index contributed by atoms with van der Waals surface area (Å²) in [5.41, 5.74) is 2.16.